The van der Waals surface area contributed by atoms with E-state index >= 15 is 0 Å². The van der Waals surface area contributed by atoms with Crippen molar-refractivity contribution in [2.45, 2.75) is 52.0 Å². The zero-order valence-corrected chi connectivity index (χ0v) is 12.8. The van der Waals surface area contributed by atoms with E-state index in [1.54, 1.807) is 0 Å². The van der Waals surface area contributed by atoms with E-state index in [1.807, 2.05) is 6.07 Å². The summed E-state index contributed by atoms with van der Waals surface area (Å²) in [5.74, 6) is 1.14. The van der Waals surface area contributed by atoms with Crippen molar-refractivity contribution in [2.24, 2.45) is 0 Å². The van der Waals surface area contributed by atoms with E-state index in [0.29, 0.717) is 6.54 Å². The molecule has 2 rings (SSSR count). The first-order chi connectivity index (χ1) is 10.4. The van der Waals surface area contributed by atoms with Crippen molar-refractivity contribution in [2.75, 3.05) is 6.54 Å². The van der Waals surface area contributed by atoms with Gasteiger partial charge in [-0.25, -0.2) is 4.98 Å². The minimum Gasteiger partial charge on any atom is -0.359 e. The lowest BCUT2D eigenvalue weighted by Crippen LogP contribution is -2.14. The van der Waals surface area contributed by atoms with Crippen molar-refractivity contribution in [3.8, 4) is 0 Å². The number of rotatable bonds is 10. The molecule has 1 aromatic carbocycles. The van der Waals surface area contributed by atoms with Crippen LogP contribution in [0.5, 0.6) is 0 Å². The maximum absolute atomic E-state index is 10.3. The van der Waals surface area contributed by atoms with Gasteiger partial charge in [-0.05, 0) is 25.0 Å². The fraction of sp³-hybridized carbons (Fsp3) is 0.529. The van der Waals surface area contributed by atoms with Gasteiger partial charge in [0.1, 0.15) is 5.82 Å². The number of imidazole rings is 1. The van der Waals surface area contributed by atoms with Gasteiger partial charge < -0.3 is 9.88 Å². The normalized spacial score (nSPS) is 10.9. The third-order valence-electron chi connectivity index (χ3n) is 3.77. The molecule has 0 atom stereocenters. The van der Waals surface area contributed by atoms with Crippen LogP contribution in [0.15, 0.2) is 24.3 Å². The van der Waals surface area contributed by atoms with E-state index in [-0.39, 0.29) is 0 Å². The van der Waals surface area contributed by atoms with Crippen LogP contribution in [0.3, 0.4) is 0 Å². The first-order valence-electron chi connectivity index (χ1n) is 7.98. The summed E-state index contributed by atoms with van der Waals surface area (Å²) in [6, 6.07) is 8.33. The number of para-hydroxylation sites is 2. The number of carbonyl (C=O) groups is 1. The quantitative estimate of drug-likeness (QED) is 0.538. The van der Waals surface area contributed by atoms with Crippen molar-refractivity contribution >= 4 is 17.4 Å². The molecule has 0 aliphatic rings. The highest BCUT2D eigenvalue weighted by Gasteiger charge is 2.09. The van der Waals surface area contributed by atoms with Gasteiger partial charge in [0.15, 0.2) is 0 Å². The maximum atomic E-state index is 10.3. The molecule has 0 aliphatic heterocycles. The van der Waals surface area contributed by atoms with Crippen molar-refractivity contribution in [1.82, 2.24) is 14.9 Å². The number of hydrogen-bond donors (Lipinski definition) is 1. The van der Waals surface area contributed by atoms with Gasteiger partial charge >= 0.3 is 0 Å². The number of unbranched alkanes of at least 4 members (excludes halogenated alkanes) is 3. The molecular formula is C17H25N3O. The molecule has 0 radical (unpaired) electrons. The van der Waals surface area contributed by atoms with Crippen molar-refractivity contribution < 1.29 is 4.79 Å². The highest BCUT2D eigenvalue weighted by molar-refractivity contribution is 5.75. The first kappa shape index (κ1) is 15.5. The number of nitrogens with one attached hydrogen (secondary N) is 1. The van der Waals surface area contributed by atoms with Crippen LogP contribution < -0.4 is 5.32 Å². The van der Waals surface area contributed by atoms with Gasteiger partial charge in [0.05, 0.1) is 11.0 Å². The van der Waals surface area contributed by atoms with Crippen LogP contribution >= 0.6 is 0 Å². The predicted octanol–water partition coefficient (Wildman–Crippen LogP) is 3.30. The highest BCUT2D eigenvalue weighted by Crippen LogP contribution is 2.18. The number of aromatic nitrogens is 2. The molecule has 4 nitrogen and oxygen atoms in total. The Morgan fingerprint density at radius 1 is 1.19 bits per heavy atom. The second kappa shape index (κ2) is 8.45. The molecule has 1 N–H and O–H groups in total. The Balaban J connectivity index is 2.07. The van der Waals surface area contributed by atoms with Crippen LogP contribution in [0.1, 0.15) is 44.9 Å². The third-order valence-corrected chi connectivity index (χ3v) is 3.77. The lowest BCUT2D eigenvalue weighted by molar-refractivity contribution is -0.109. The van der Waals surface area contributed by atoms with Crippen LogP contribution in [-0.4, -0.2) is 22.5 Å². The van der Waals surface area contributed by atoms with Gasteiger partial charge in [0.25, 0.3) is 0 Å². The molecule has 21 heavy (non-hydrogen) atoms. The number of hydrogen-bond acceptors (Lipinski definition) is 2. The Hall–Kier alpha value is -1.84. The van der Waals surface area contributed by atoms with Gasteiger partial charge in [-0.15, -0.1) is 0 Å². The van der Waals surface area contributed by atoms with Gasteiger partial charge in [-0.1, -0.05) is 38.3 Å². The molecule has 0 bridgehead atoms. The van der Waals surface area contributed by atoms with Crippen LogP contribution in [0.2, 0.25) is 0 Å². The fourth-order valence-corrected chi connectivity index (χ4v) is 2.67. The number of benzene rings is 1. The van der Waals surface area contributed by atoms with Crippen molar-refractivity contribution in [3.05, 3.63) is 30.1 Å². The minimum absolute atomic E-state index is 0.711. The summed E-state index contributed by atoms with van der Waals surface area (Å²) in [4.78, 5) is 15.1. The molecular weight excluding hydrogens is 262 g/mol. The Morgan fingerprint density at radius 2 is 2.05 bits per heavy atom. The molecule has 0 saturated carbocycles. The van der Waals surface area contributed by atoms with Gasteiger partial charge in [0, 0.05) is 19.5 Å². The molecule has 1 amide bonds. The lowest BCUT2D eigenvalue weighted by atomic mass is 10.2. The fourth-order valence-electron chi connectivity index (χ4n) is 2.67. The van der Waals surface area contributed by atoms with Crippen LogP contribution in [-0.2, 0) is 17.8 Å². The zero-order chi connectivity index (χ0) is 14.9. The van der Waals surface area contributed by atoms with E-state index in [4.69, 9.17) is 4.98 Å². The summed E-state index contributed by atoms with van der Waals surface area (Å²) >= 11 is 0. The van der Waals surface area contributed by atoms with Gasteiger partial charge in [0.2, 0.25) is 6.41 Å². The number of amides is 1. The van der Waals surface area contributed by atoms with Crippen LogP contribution in [0.4, 0.5) is 0 Å². The monoisotopic (exact) mass is 287 g/mol. The van der Waals surface area contributed by atoms with E-state index < -0.39 is 0 Å². The maximum Gasteiger partial charge on any atom is 0.207 e. The first-order valence-corrected chi connectivity index (χ1v) is 7.98. The second-order valence-corrected chi connectivity index (χ2v) is 5.40. The molecule has 0 fully saturated rings. The molecule has 0 unspecified atom stereocenters. The average molecular weight is 287 g/mol. The van der Waals surface area contributed by atoms with Gasteiger partial charge in [-0.2, -0.15) is 0 Å². The zero-order valence-electron chi connectivity index (χ0n) is 12.8. The highest BCUT2D eigenvalue weighted by atomic mass is 16.1. The number of fused-ring (bicyclic) bond motifs is 1. The molecule has 4 heteroatoms. The SMILES string of the molecule is CCCCCCn1c(CCCNC=O)nc2ccccc21. The molecule has 1 aromatic heterocycles. The van der Waals surface area contributed by atoms with Gasteiger partial charge in [-0.3, -0.25) is 4.79 Å². The molecule has 1 heterocycles. The molecule has 0 saturated heterocycles. The standard InChI is InChI=1S/C17H25N3O/c1-2-3-4-7-13-20-16-10-6-5-9-15(16)19-17(20)11-8-12-18-14-21/h5-6,9-10,14H,2-4,7-8,11-13H2,1H3,(H,18,21). The van der Waals surface area contributed by atoms with E-state index in [9.17, 15) is 4.79 Å². The Labute approximate surface area is 126 Å². The largest absolute Gasteiger partial charge is 0.359 e. The molecule has 0 spiro atoms. The van der Waals surface area contributed by atoms with Crippen LogP contribution in [0, 0.1) is 0 Å². The van der Waals surface area contributed by atoms with Crippen LogP contribution in [0.25, 0.3) is 11.0 Å². The Morgan fingerprint density at radius 3 is 2.86 bits per heavy atom. The van der Waals surface area contributed by atoms with E-state index in [1.165, 1.54) is 31.2 Å². The lowest BCUT2D eigenvalue weighted by Gasteiger charge is -2.09. The van der Waals surface area contributed by atoms with E-state index in [0.717, 1.165) is 37.1 Å². The van der Waals surface area contributed by atoms with Crippen molar-refractivity contribution in [1.29, 1.82) is 0 Å². The number of carbonyl (C=O) groups excluding carboxylic acids is 1. The summed E-state index contributed by atoms with van der Waals surface area (Å²) in [5, 5.41) is 2.71. The average Bonchev–Trinajstić information content (AvgIpc) is 2.86. The summed E-state index contributed by atoms with van der Waals surface area (Å²) in [6.07, 6.45) is 7.62. The predicted molar refractivity (Wildman–Crippen MR) is 86.3 cm³/mol. The Bertz CT molecular complexity index is 562. The minimum atomic E-state index is 0.711. The topological polar surface area (TPSA) is 46.9 Å². The second-order valence-electron chi connectivity index (χ2n) is 5.40. The summed E-state index contributed by atoms with van der Waals surface area (Å²) < 4.78 is 2.35. The summed E-state index contributed by atoms with van der Waals surface area (Å²) in [6.45, 7) is 3.98. The van der Waals surface area contributed by atoms with Crippen molar-refractivity contribution in [3.63, 3.8) is 0 Å². The molecule has 2 aromatic rings. The molecule has 0 aliphatic carbocycles. The third kappa shape index (κ3) is 4.31. The van der Waals surface area contributed by atoms with E-state index in [2.05, 4.69) is 35.0 Å². The number of nitrogens with zero attached hydrogens (tertiary/aromatic N) is 2. The smallest absolute Gasteiger partial charge is 0.207 e. The summed E-state index contributed by atoms with van der Waals surface area (Å²) in [7, 11) is 0. The Kier molecular flexibility index (Phi) is 6.25. The molecule has 114 valence electrons. The summed E-state index contributed by atoms with van der Waals surface area (Å²) in [5.41, 5.74) is 2.30. The number of aryl methyl sites for hydroxylation is 2.